The fourth-order valence-corrected chi connectivity index (χ4v) is 3.44. The van der Waals surface area contributed by atoms with Crippen LogP contribution in [-0.2, 0) is 9.59 Å². The molecule has 2 rings (SSSR count). The molecule has 0 unspecified atom stereocenters. The summed E-state index contributed by atoms with van der Waals surface area (Å²) in [7, 11) is 0. The Morgan fingerprint density at radius 2 is 2.24 bits per heavy atom. The number of carbonyl (C=O) groups excluding carboxylic acids is 1. The Balaban J connectivity index is 1.97. The lowest BCUT2D eigenvalue weighted by molar-refractivity contribution is -0.138. The Morgan fingerprint density at radius 3 is 2.76 bits per heavy atom. The minimum atomic E-state index is -1.01. The van der Waals surface area contributed by atoms with Gasteiger partial charge in [-0.3, -0.25) is 9.59 Å². The van der Waals surface area contributed by atoms with Crippen molar-refractivity contribution < 1.29 is 14.7 Å². The van der Waals surface area contributed by atoms with Crippen LogP contribution in [0.5, 0.6) is 0 Å². The molecule has 1 heterocycles. The molecule has 7 heteroatoms. The molecule has 1 aliphatic carbocycles. The molecule has 0 atom stereocenters. The van der Waals surface area contributed by atoms with Gasteiger partial charge in [0.15, 0.2) is 0 Å². The number of hydrogen-bond donors (Lipinski definition) is 2. The average molecular weight is 324 g/mol. The predicted molar refractivity (Wildman–Crippen MR) is 83.8 cm³/mol. The number of nitrogens with zero attached hydrogens (tertiary/aromatic N) is 1. The van der Waals surface area contributed by atoms with E-state index in [0.29, 0.717) is 16.5 Å². The Labute approximate surface area is 131 Å². The summed E-state index contributed by atoms with van der Waals surface area (Å²) in [6, 6.07) is 2.16. The Morgan fingerprint density at radius 1 is 1.57 bits per heavy atom. The molecular formula is C14H16N2O3S2. The summed E-state index contributed by atoms with van der Waals surface area (Å²) in [6.45, 7) is 3.12. The zero-order chi connectivity index (χ0) is 15.6. The molecule has 0 saturated heterocycles. The lowest BCUT2D eigenvalue weighted by atomic mass is 10.1. The molecule has 1 aromatic heterocycles. The third kappa shape index (κ3) is 3.77. The van der Waals surface area contributed by atoms with Gasteiger partial charge in [-0.05, 0) is 43.6 Å². The number of thioether (sulfide) groups is 1. The number of nitriles is 1. The molecule has 0 spiro atoms. The van der Waals surface area contributed by atoms with Crippen molar-refractivity contribution in [1.29, 1.82) is 5.26 Å². The van der Waals surface area contributed by atoms with Crippen LogP contribution in [0.15, 0.2) is 5.38 Å². The first-order valence-corrected chi connectivity index (χ1v) is 8.40. The largest absolute Gasteiger partial charge is 0.480 e. The lowest BCUT2D eigenvalue weighted by Gasteiger charge is -2.17. The van der Waals surface area contributed by atoms with Crippen LogP contribution in [0.1, 0.15) is 43.7 Å². The molecule has 1 aliphatic rings. The smallest absolute Gasteiger partial charge is 0.319 e. The Kier molecular flexibility index (Phi) is 4.59. The summed E-state index contributed by atoms with van der Waals surface area (Å²) in [5.41, 5.74) is 1.58. The number of rotatable bonds is 6. The van der Waals surface area contributed by atoms with Gasteiger partial charge in [0.05, 0.1) is 11.3 Å². The van der Waals surface area contributed by atoms with Crippen molar-refractivity contribution in [1.82, 2.24) is 0 Å². The van der Waals surface area contributed by atoms with Crippen molar-refractivity contribution in [3.05, 3.63) is 16.5 Å². The molecule has 0 radical (unpaired) electrons. The van der Waals surface area contributed by atoms with Crippen LogP contribution in [0.25, 0.3) is 0 Å². The highest BCUT2D eigenvalue weighted by Gasteiger charge is 2.30. The summed E-state index contributed by atoms with van der Waals surface area (Å²) >= 11 is 2.42. The van der Waals surface area contributed by atoms with Gasteiger partial charge in [0, 0.05) is 0 Å². The van der Waals surface area contributed by atoms with Crippen molar-refractivity contribution in [2.45, 2.75) is 37.4 Å². The molecule has 21 heavy (non-hydrogen) atoms. The van der Waals surface area contributed by atoms with E-state index >= 15 is 0 Å². The second kappa shape index (κ2) is 6.08. The monoisotopic (exact) mass is 324 g/mol. The fraction of sp³-hybridized carbons (Fsp3) is 0.500. The standard InChI is InChI=1S/C14H16N2O3S2/c1-14(2,13(18)19)21-7-11(17)16-12-9(5-15)10(6-20-12)8-3-4-8/h6,8H,3-4,7H2,1-2H3,(H,16,17)(H,18,19). The first kappa shape index (κ1) is 15.9. The van der Waals surface area contributed by atoms with E-state index in [4.69, 9.17) is 5.11 Å². The topological polar surface area (TPSA) is 90.2 Å². The van der Waals surface area contributed by atoms with Gasteiger partial charge in [0.25, 0.3) is 0 Å². The van der Waals surface area contributed by atoms with Crippen LogP contribution >= 0.6 is 23.1 Å². The third-order valence-electron chi connectivity index (χ3n) is 3.28. The maximum Gasteiger partial charge on any atom is 0.319 e. The molecule has 112 valence electrons. The maximum absolute atomic E-state index is 11.9. The van der Waals surface area contributed by atoms with Crippen LogP contribution in [0.2, 0.25) is 0 Å². The Bertz CT molecular complexity index is 612. The summed E-state index contributed by atoms with van der Waals surface area (Å²) in [6.07, 6.45) is 2.20. The van der Waals surface area contributed by atoms with E-state index in [1.54, 1.807) is 13.8 Å². The summed E-state index contributed by atoms with van der Waals surface area (Å²) in [4.78, 5) is 22.9. The highest BCUT2D eigenvalue weighted by Crippen LogP contribution is 2.45. The number of aliphatic carboxylic acids is 1. The number of carboxylic acid groups (broad SMARTS) is 1. The van der Waals surface area contributed by atoms with Crippen molar-refractivity contribution >= 4 is 40.0 Å². The zero-order valence-corrected chi connectivity index (χ0v) is 13.4. The van der Waals surface area contributed by atoms with Crippen LogP contribution in [0, 0.1) is 11.3 Å². The van der Waals surface area contributed by atoms with E-state index in [-0.39, 0.29) is 11.7 Å². The van der Waals surface area contributed by atoms with E-state index in [1.807, 2.05) is 5.38 Å². The number of nitrogens with one attached hydrogen (secondary N) is 1. The van der Waals surface area contributed by atoms with Gasteiger partial charge in [-0.1, -0.05) is 0 Å². The third-order valence-corrected chi connectivity index (χ3v) is 5.50. The number of carboxylic acids is 1. The van der Waals surface area contributed by atoms with Gasteiger partial charge in [0.2, 0.25) is 5.91 Å². The van der Waals surface area contributed by atoms with Crippen LogP contribution in [-0.4, -0.2) is 27.5 Å². The van der Waals surface area contributed by atoms with Gasteiger partial charge in [-0.15, -0.1) is 23.1 Å². The number of amides is 1. The van der Waals surface area contributed by atoms with E-state index in [0.717, 1.165) is 30.2 Å². The van der Waals surface area contributed by atoms with Crippen molar-refractivity contribution in [3.63, 3.8) is 0 Å². The molecule has 1 amide bonds. The minimum absolute atomic E-state index is 0.0425. The second-order valence-corrected chi connectivity index (χ2v) is 7.91. The molecule has 1 fully saturated rings. The van der Waals surface area contributed by atoms with Crippen molar-refractivity contribution in [3.8, 4) is 6.07 Å². The van der Waals surface area contributed by atoms with Gasteiger partial charge in [-0.25, -0.2) is 0 Å². The SMILES string of the molecule is CC(C)(SCC(=O)Nc1scc(C2CC2)c1C#N)C(=O)O. The van der Waals surface area contributed by atoms with Crippen LogP contribution in [0.3, 0.4) is 0 Å². The maximum atomic E-state index is 11.9. The molecule has 0 aliphatic heterocycles. The zero-order valence-electron chi connectivity index (χ0n) is 11.8. The minimum Gasteiger partial charge on any atom is -0.480 e. The number of thiophene rings is 1. The number of hydrogen-bond acceptors (Lipinski definition) is 5. The number of anilines is 1. The molecule has 0 aromatic carbocycles. The molecule has 0 bridgehead atoms. The summed E-state index contributed by atoms with van der Waals surface area (Å²) in [5, 5.41) is 23.5. The van der Waals surface area contributed by atoms with Crippen LogP contribution < -0.4 is 5.32 Å². The summed E-state index contributed by atoms with van der Waals surface area (Å²) in [5.74, 6) is -0.733. The van der Waals surface area contributed by atoms with Crippen molar-refractivity contribution in [2.75, 3.05) is 11.1 Å². The van der Waals surface area contributed by atoms with Crippen LogP contribution in [0.4, 0.5) is 5.00 Å². The van der Waals surface area contributed by atoms with E-state index in [2.05, 4.69) is 11.4 Å². The fourth-order valence-electron chi connectivity index (χ4n) is 1.74. The first-order valence-electron chi connectivity index (χ1n) is 6.54. The van der Waals surface area contributed by atoms with E-state index < -0.39 is 10.7 Å². The van der Waals surface area contributed by atoms with Gasteiger partial charge in [-0.2, -0.15) is 5.26 Å². The lowest BCUT2D eigenvalue weighted by Crippen LogP contribution is -2.29. The van der Waals surface area contributed by atoms with Gasteiger partial charge in [0.1, 0.15) is 15.8 Å². The normalized spacial score (nSPS) is 14.5. The highest BCUT2D eigenvalue weighted by molar-refractivity contribution is 8.02. The van der Waals surface area contributed by atoms with E-state index in [1.165, 1.54) is 11.3 Å². The average Bonchev–Trinajstić information content (AvgIpc) is 3.18. The summed E-state index contributed by atoms with van der Waals surface area (Å²) < 4.78 is -1.01. The molecular weight excluding hydrogens is 308 g/mol. The van der Waals surface area contributed by atoms with Crippen molar-refractivity contribution in [2.24, 2.45) is 0 Å². The highest BCUT2D eigenvalue weighted by atomic mass is 32.2. The van der Waals surface area contributed by atoms with Gasteiger partial charge < -0.3 is 10.4 Å². The quantitative estimate of drug-likeness (QED) is 0.839. The molecule has 2 N–H and O–H groups in total. The van der Waals surface area contributed by atoms with E-state index in [9.17, 15) is 14.9 Å². The van der Waals surface area contributed by atoms with Gasteiger partial charge >= 0.3 is 5.97 Å². The Hall–Kier alpha value is -1.52. The second-order valence-electron chi connectivity index (χ2n) is 5.43. The molecule has 1 saturated carbocycles. The number of carbonyl (C=O) groups is 2. The molecule has 1 aromatic rings. The first-order chi connectivity index (χ1) is 9.85. The predicted octanol–water partition coefficient (Wildman–Crippen LogP) is 3.03. The molecule has 5 nitrogen and oxygen atoms in total.